The molecule has 0 spiro atoms. The van der Waals surface area contributed by atoms with Gasteiger partial charge in [-0.3, -0.25) is 5.10 Å². The van der Waals surface area contributed by atoms with Gasteiger partial charge >= 0.3 is 0 Å². The highest BCUT2D eigenvalue weighted by molar-refractivity contribution is 14.1. The fraction of sp³-hybridized carbons (Fsp3) is 0. The number of H-pyrrole nitrogens is 1. The lowest BCUT2D eigenvalue weighted by molar-refractivity contribution is 0.576. The molecule has 6 nitrogen and oxygen atoms in total. The molecule has 0 fully saturated rings. The number of anilines is 2. The summed E-state index contributed by atoms with van der Waals surface area (Å²) in [7, 11) is 0. The van der Waals surface area contributed by atoms with Crippen molar-refractivity contribution in [3.63, 3.8) is 0 Å². The quantitative estimate of drug-likeness (QED) is 0.674. The Labute approximate surface area is 118 Å². The van der Waals surface area contributed by atoms with Crippen molar-refractivity contribution in [1.29, 1.82) is 0 Å². The molecule has 0 saturated heterocycles. The molecule has 0 aliphatic carbocycles. The van der Waals surface area contributed by atoms with Gasteiger partial charge in [0.15, 0.2) is 17.3 Å². The fourth-order valence-electron chi connectivity index (χ4n) is 1.45. The molecule has 96 valence electrons. The summed E-state index contributed by atoms with van der Waals surface area (Å²) >= 11 is 2.04. The first-order valence-electron chi connectivity index (χ1n) is 5.08. The highest BCUT2D eigenvalue weighted by atomic mass is 127. The number of aromatic nitrogens is 5. The average molecular weight is 374 g/mol. The zero-order chi connectivity index (χ0) is 13.4. The average Bonchev–Trinajstić information content (AvgIpc) is 2.74. The molecular formula is C10H5F2IN6. The van der Waals surface area contributed by atoms with Gasteiger partial charge in [-0.15, -0.1) is 0 Å². The van der Waals surface area contributed by atoms with Gasteiger partial charge in [0.05, 0.1) is 11.6 Å². The molecule has 19 heavy (non-hydrogen) atoms. The molecule has 0 bridgehead atoms. The third-order valence-corrected chi connectivity index (χ3v) is 3.13. The van der Waals surface area contributed by atoms with E-state index in [1.807, 2.05) is 22.6 Å². The first kappa shape index (κ1) is 12.1. The third kappa shape index (κ3) is 2.32. The number of hydrogen-bond donors (Lipinski definition) is 2. The maximum Gasteiger partial charge on any atom is 0.230 e. The molecule has 0 aliphatic heterocycles. The van der Waals surface area contributed by atoms with Gasteiger partial charge in [-0.2, -0.15) is 10.1 Å². The number of pyridine rings is 1. The van der Waals surface area contributed by atoms with Gasteiger partial charge in [0.1, 0.15) is 9.52 Å². The molecule has 9 heteroatoms. The van der Waals surface area contributed by atoms with Gasteiger partial charge in [0.25, 0.3) is 0 Å². The van der Waals surface area contributed by atoms with Crippen LogP contribution in [0.3, 0.4) is 0 Å². The monoisotopic (exact) mass is 374 g/mol. The number of aromatic amines is 1. The number of fused-ring (bicyclic) bond motifs is 1. The molecule has 0 amide bonds. The standard InChI is InChI=1S/C10H5F2IN6/c11-4-1-6(12)9(14-2-4)17-10-15-3-5-7(13)18-19-8(5)16-10/h1-3H,(H2,14,15,16,17,18,19). The Kier molecular flexibility index (Phi) is 2.97. The van der Waals surface area contributed by atoms with E-state index in [0.29, 0.717) is 5.65 Å². The molecule has 3 heterocycles. The fourth-order valence-corrected chi connectivity index (χ4v) is 1.97. The van der Waals surface area contributed by atoms with Crippen LogP contribution in [0.4, 0.5) is 20.5 Å². The predicted octanol–water partition coefficient (Wildman–Crippen LogP) is 2.37. The van der Waals surface area contributed by atoms with Crippen LogP contribution in [-0.2, 0) is 0 Å². The van der Waals surface area contributed by atoms with Crippen LogP contribution in [-0.4, -0.2) is 25.1 Å². The summed E-state index contributed by atoms with van der Waals surface area (Å²) in [5, 5.41) is 10.0. The smallest absolute Gasteiger partial charge is 0.230 e. The summed E-state index contributed by atoms with van der Waals surface area (Å²) in [4.78, 5) is 11.7. The summed E-state index contributed by atoms with van der Waals surface area (Å²) < 4.78 is 26.9. The lowest BCUT2D eigenvalue weighted by Crippen LogP contribution is -2.01. The second kappa shape index (κ2) is 4.64. The predicted molar refractivity (Wildman–Crippen MR) is 71.8 cm³/mol. The molecule has 3 aromatic rings. The molecule has 0 unspecified atom stereocenters. The summed E-state index contributed by atoms with van der Waals surface area (Å²) in [5.74, 6) is -1.56. The Balaban J connectivity index is 1.96. The van der Waals surface area contributed by atoms with E-state index in [0.717, 1.165) is 21.4 Å². The minimum atomic E-state index is -0.817. The molecule has 3 rings (SSSR count). The Bertz CT molecular complexity index is 759. The second-order valence-corrected chi connectivity index (χ2v) is 4.60. The summed E-state index contributed by atoms with van der Waals surface area (Å²) in [6.45, 7) is 0. The van der Waals surface area contributed by atoms with Gasteiger partial charge in [-0.05, 0) is 22.6 Å². The summed E-state index contributed by atoms with van der Waals surface area (Å²) in [6, 6.07) is 0.729. The molecule has 0 saturated carbocycles. The third-order valence-electron chi connectivity index (χ3n) is 2.31. The normalized spacial score (nSPS) is 10.9. The van der Waals surface area contributed by atoms with Crippen LogP contribution in [0.5, 0.6) is 0 Å². The number of halogens is 3. The van der Waals surface area contributed by atoms with E-state index in [4.69, 9.17) is 0 Å². The molecule has 0 aliphatic rings. The van der Waals surface area contributed by atoms with Gasteiger partial charge < -0.3 is 5.32 Å². The Morgan fingerprint density at radius 3 is 2.84 bits per heavy atom. The minimum absolute atomic E-state index is 0.144. The molecular weight excluding hydrogens is 369 g/mol. The highest BCUT2D eigenvalue weighted by Gasteiger charge is 2.09. The van der Waals surface area contributed by atoms with Crippen molar-refractivity contribution in [3.8, 4) is 0 Å². The lowest BCUT2D eigenvalue weighted by atomic mass is 10.4. The first-order chi connectivity index (χ1) is 9.13. The number of nitrogens with zero attached hydrogens (tertiary/aromatic N) is 4. The van der Waals surface area contributed by atoms with Gasteiger partial charge in [0, 0.05) is 12.3 Å². The summed E-state index contributed by atoms with van der Waals surface area (Å²) in [6.07, 6.45) is 2.46. The van der Waals surface area contributed by atoms with Crippen LogP contribution in [0, 0.1) is 15.3 Å². The van der Waals surface area contributed by atoms with E-state index in [-0.39, 0.29) is 11.8 Å². The van der Waals surface area contributed by atoms with Crippen molar-refractivity contribution in [2.24, 2.45) is 0 Å². The molecule has 0 atom stereocenters. The molecule has 3 aromatic heterocycles. The van der Waals surface area contributed by atoms with Crippen molar-refractivity contribution in [3.05, 3.63) is 33.8 Å². The maximum atomic E-state index is 13.4. The zero-order valence-corrected chi connectivity index (χ0v) is 11.3. The molecule has 2 N–H and O–H groups in total. The molecule has 0 radical (unpaired) electrons. The Morgan fingerprint density at radius 2 is 2.05 bits per heavy atom. The Morgan fingerprint density at radius 1 is 1.21 bits per heavy atom. The largest absolute Gasteiger partial charge is 0.306 e. The van der Waals surface area contributed by atoms with E-state index < -0.39 is 11.6 Å². The van der Waals surface area contributed by atoms with Gasteiger partial charge in [0.2, 0.25) is 5.95 Å². The zero-order valence-electron chi connectivity index (χ0n) is 9.15. The summed E-state index contributed by atoms with van der Waals surface area (Å²) in [5.41, 5.74) is 0.518. The van der Waals surface area contributed by atoms with E-state index in [1.54, 1.807) is 6.20 Å². The van der Waals surface area contributed by atoms with Gasteiger partial charge in [-0.1, -0.05) is 0 Å². The van der Waals surface area contributed by atoms with Crippen molar-refractivity contribution in [2.45, 2.75) is 0 Å². The molecule has 0 aromatic carbocycles. The van der Waals surface area contributed by atoms with Crippen LogP contribution in [0.15, 0.2) is 18.5 Å². The Hall–Kier alpha value is -1.91. The van der Waals surface area contributed by atoms with Crippen LogP contribution in [0.1, 0.15) is 0 Å². The van der Waals surface area contributed by atoms with Crippen LogP contribution >= 0.6 is 22.6 Å². The number of rotatable bonds is 2. The second-order valence-electron chi connectivity index (χ2n) is 3.58. The number of hydrogen-bond acceptors (Lipinski definition) is 5. The van der Waals surface area contributed by atoms with Crippen molar-refractivity contribution >= 4 is 45.4 Å². The SMILES string of the molecule is Fc1cnc(Nc2ncc3c(I)n[nH]c3n2)c(F)c1. The van der Waals surface area contributed by atoms with Crippen molar-refractivity contribution < 1.29 is 8.78 Å². The first-order valence-corrected chi connectivity index (χ1v) is 6.16. The van der Waals surface area contributed by atoms with E-state index in [1.165, 1.54) is 0 Å². The van der Waals surface area contributed by atoms with Crippen molar-refractivity contribution in [1.82, 2.24) is 25.1 Å². The van der Waals surface area contributed by atoms with Crippen molar-refractivity contribution in [2.75, 3.05) is 5.32 Å². The van der Waals surface area contributed by atoms with Gasteiger partial charge in [-0.25, -0.2) is 18.7 Å². The van der Waals surface area contributed by atoms with Crippen LogP contribution < -0.4 is 5.32 Å². The van der Waals surface area contributed by atoms with Crippen LogP contribution in [0.25, 0.3) is 11.0 Å². The maximum absolute atomic E-state index is 13.4. The lowest BCUT2D eigenvalue weighted by Gasteiger charge is -2.04. The number of nitrogens with one attached hydrogen (secondary N) is 2. The minimum Gasteiger partial charge on any atom is -0.306 e. The van der Waals surface area contributed by atoms with E-state index >= 15 is 0 Å². The highest BCUT2D eigenvalue weighted by Crippen LogP contribution is 2.19. The topological polar surface area (TPSA) is 79.4 Å². The van der Waals surface area contributed by atoms with E-state index in [9.17, 15) is 8.78 Å². The van der Waals surface area contributed by atoms with E-state index in [2.05, 4.69) is 30.5 Å². The van der Waals surface area contributed by atoms with Crippen LogP contribution in [0.2, 0.25) is 0 Å².